The molecule has 1 N–H and O–H groups in total. The van der Waals surface area contributed by atoms with Crippen LogP contribution in [0.15, 0.2) is 24.3 Å². The van der Waals surface area contributed by atoms with Gasteiger partial charge in [-0.1, -0.05) is 62.9 Å². The smallest absolute Gasteiger partial charge is 0.235 e. The summed E-state index contributed by atoms with van der Waals surface area (Å²) in [6, 6.07) is 7.04. The van der Waals surface area contributed by atoms with Crippen molar-refractivity contribution >= 4 is 27.5 Å². The Balaban J connectivity index is 2.66. The van der Waals surface area contributed by atoms with Crippen molar-refractivity contribution in [2.24, 2.45) is 5.92 Å². The molecule has 0 aliphatic carbocycles. The van der Waals surface area contributed by atoms with Crippen molar-refractivity contribution < 1.29 is 13.2 Å². The minimum Gasteiger partial charge on any atom is -0.355 e. The molecular weight excluding hydrogens is 360 g/mol. The molecule has 1 amide bonds. The molecule has 1 atom stereocenters. The third-order valence-corrected chi connectivity index (χ3v) is 5.79. The number of halogens is 1. The largest absolute Gasteiger partial charge is 0.355 e. The molecule has 1 aromatic rings. The molecule has 1 rings (SSSR count). The van der Waals surface area contributed by atoms with Gasteiger partial charge in [-0.05, 0) is 24.0 Å². The van der Waals surface area contributed by atoms with Gasteiger partial charge in [0.05, 0.1) is 12.8 Å². The third-order valence-electron chi connectivity index (χ3n) is 4.22. The van der Waals surface area contributed by atoms with Crippen molar-refractivity contribution in [2.75, 3.05) is 19.3 Å². The summed E-state index contributed by atoms with van der Waals surface area (Å²) in [6.07, 6.45) is 5.44. The summed E-state index contributed by atoms with van der Waals surface area (Å²) in [4.78, 5) is 12.2. The number of rotatable bonds is 11. The fourth-order valence-corrected chi connectivity index (χ4v) is 3.45. The molecule has 0 radical (unpaired) electrons. The Labute approximate surface area is 156 Å². The van der Waals surface area contributed by atoms with Crippen molar-refractivity contribution in [3.63, 3.8) is 0 Å². The van der Waals surface area contributed by atoms with Gasteiger partial charge >= 0.3 is 0 Å². The number of benzene rings is 1. The number of amides is 1. The van der Waals surface area contributed by atoms with Gasteiger partial charge in [0.25, 0.3) is 0 Å². The van der Waals surface area contributed by atoms with Gasteiger partial charge in [0.15, 0.2) is 0 Å². The molecule has 0 saturated heterocycles. The van der Waals surface area contributed by atoms with Crippen LogP contribution in [0, 0.1) is 5.92 Å². The lowest BCUT2D eigenvalue weighted by Gasteiger charge is -2.21. The van der Waals surface area contributed by atoms with E-state index in [-0.39, 0.29) is 19.0 Å². The van der Waals surface area contributed by atoms with Crippen molar-refractivity contribution in [3.05, 3.63) is 34.9 Å². The Morgan fingerprint density at radius 1 is 1.28 bits per heavy atom. The fourth-order valence-electron chi connectivity index (χ4n) is 2.52. The molecule has 25 heavy (non-hydrogen) atoms. The van der Waals surface area contributed by atoms with Crippen LogP contribution >= 0.6 is 11.6 Å². The third kappa shape index (κ3) is 8.21. The van der Waals surface area contributed by atoms with Crippen LogP contribution in [0.3, 0.4) is 0 Å². The summed E-state index contributed by atoms with van der Waals surface area (Å²) in [6.45, 7) is 4.71. The molecule has 0 aliphatic rings. The number of hydrogen-bond donors (Lipinski definition) is 1. The zero-order chi connectivity index (χ0) is 18.9. The molecule has 0 unspecified atom stereocenters. The Kier molecular flexibility index (Phi) is 9.46. The molecule has 0 spiro atoms. The number of sulfonamides is 1. The second-order valence-corrected chi connectivity index (χ2v) is 8.73. The first-order valence-corrected chi connectivity index (χ1v) is 11.0. The Morgan fingerprint density at radius 2 is 1.96 bits per heavy atom. The van der Waals surface area contributed by atoms with E-state index in [2.05, 4.69) is 19.2 Å². The predicted molar refractivity (Wildman–Crippen MR) is 103 cm³/mol. The van der Waals surface area contributed by atoms with Gasteiger partial charge < -0.3 is 5.32 Å². The van der Waals surface area contributed by atoms with E-state index in [1.165, 1.54) is 0 Å². The number of hydrogen-bond acceptors (Lipinski definition) is 3. The van der Waals surface area contributed by atoms with E-state index < -0.39 is 10.0 Å². The first-order chi connectivity index (χ1) is 11.8. The highest BCUT2D eigenvalue weighted by atomic mass is 35.5. The second-order valence-electron chi connectivity index (χ2n) is 6.34. The van der Waals surface area contributed by atoms with Gasteiger partial charge in [-0.25, -0.2) is 8.42 Å². The fraction of sp³-hybridized carbons (Fsp3) is 0.611. The summed E-state index contributed by atoms with van der Waals surface area (Å²) in [5, 5.41) is 3.36. The van der Waals surface area contributed by atoms with Crippen LogP contribution < -0.4 is 5.32 Å². The first-order valence-electron chi connectivity index (χ1n) is 8.73. The topological polar surface area (TPSA) is 66.5 Å². The van der Waals surface area contributed by atoms with Crippen LogP contribution in [0.2, 0.25) is 5.02 Å². The molecule has 142 valence electrons. The van der Waals surface area contributed by atoms with Crippen LogP contribution in [0.25, 0.3) is 0 Å². The molecule has 5 nitrogen and oxygen atoms in total. The molecular formula is C18H29ClN2O3S. The average molecular weight is 389 g/mol. The van der Waals surface area contributed by atoms with E-state index in [1.54, 1.807) is 24.3 Å². The van der Waals surface area contributed by atoms with E-state index in [4.69, 9.17) is 11.6 Å². The molecule has 0 heterocycles. The summed E-state index contributed by atoms with van der Waals surface area (Å²) in [5.74, 6) is 0.145. The van der Waals surface area contributed by atoms with Crippen LogP contribution in [0.5, 0.6) is 0 Å². The lowest BCUT2D eigenvalue weighted by molar-refractivity contribution is -0.121. The molecule has 0 aromatic heterocycles. The number of nitrogens with one attached hydrogen (secondary N) is 1. The molecule has 0 fully saturated rings. The zero-order valence-electron chi connectivity index (χ0n) is 15.3. The van der Waals surface area contributed by atoms with E-state index in [9.17, 15) is 13.2 Å². The maximum Gasteiger partial charge on any atom is 0.235 e. The SMILES string of the molecule is CCCC[C@H](CC)CNC(=O)CN(Cc1ccccc1Cl)S(C)(=O)=O. The normalized spacial score (nSPS) is 13.0. The van der Waals surface area contributed by atoms with Crippen molar-refractivity contribution in [2.45, 2.75) is 46.1 Å². The lowest BCUT2D eigenvalue weighted by Crippen LogP contribution is -2.41. The van der Waals surface area contributed by atoms with Crippen LogP contribution in [-0.4, -0.2) is 38.0 Å². The number of unbranched alkanes of at least 4 members (excludes halogenated alkanes) is 1. The maximum absolute atomic E-state index is 12.2. The Morgan fingerprint density at radius 3 is 2.52 bits per heavy atom. The van der Waals surface area contributed by atoms with Crippen LogP contribution in [-0.2, 0) is 21.4 Å². The highest BCUT2D eigenvalue weighted by molar-refractivity contribution is 7.88. The Bertz CT molecular complexity index is 649. The predicted octanol–water partition coefficient (Wildman–Crippen LogP) is 3.43. The lowest BCUT2D eigenvalue weighted by atomic mass is 9.99. The highest BCUT2D eigenvalue weighted by Gasteiger charge is 2.21. The first kappa shape index (κ1) is 21.9. The zero-order valence-corrected chi connectivity index (χ0v) is 16.9. The van der Waals surface area contributed by atoms with Crippen LogP contribution in [0.1, 0.15) is 45.1 Å². The number of carbonyl (C=O) groups excluding carboxylic acids is 1. The molecule has 0 bridgehead atoms. The monoisotopic (exact) mass is 388 g/mol. The van der Waals surface area contributed by atoms with Crippen molar-refractivity contribution in [3.8, 4) is 0 Å². The molecule has 0 aliphatic heterocycles. The summed E-state index contributed by atoms with van der Waals surface area (Å²) < 4.78 is 25.2. The highest BCUT2D eigenvalue weighted by Crippen LogP contribution is 2.18. The van der Waals surface area contributed by atoms with Gasteiger partial charge in [-0.2, -0.15) is 4.31 Å². The summed E-state index contributed by atoms with van der Waals surface area (Å²) in [5.41, 5.74) is 0.678. The molecule has 7 heteroatoms. The second kappa shape index (κ2) is 10.8. The van der Waals surface area contributed by atoms with Gasteiger partial charge in [0.2, 0.25) is 15.9 Å². The van der Waals surface area contributed by atoms with Crippen molar-refractivity contribution in [1.29, 1.82) is 0 Å². The van der Waals surface area contributed by atoms with Gasteiger partial charge in [0, 0.05) is 18.1 Å². The number of carbonyl (C=O) groups is 1. The summed E-state index contributed by atoms with van der Waals surface area (Å²) in [7, 11) is -3.52. The average Bonchev–Trinajstić information content (AvgIpc) is 2.55. The standard InChI is InChI=1S/C18H29ClN2O3S/c1-4-6-9-15(5-2)12-20-18(22)14-21(25(3,23)24)13-16-10-7-8-11-17(16)19/h7-8,10-11,15H,4-6,9,12-14H2,1-3H3,(H,20,22)/t15-/m0/s1. The quantitative estimate of drug-likeness (QED) is 0.631. The minimum absolute atomic E-state index is 0.0823. The summed E-state index contributed by atoms with van der Waals surface area (Å²) >= 11 is 6.10. The van der Waals surface area contributed by atoms with Gasteiger partial charge in [-0.3, -0.25) is 4.79 Å². The Hall–Kier alpha value is -1.11. The van der Waals surface area contributed by atoms with E-state index in [0.29, 0.717) is 23.0 Å². The van der Waals surface area contributed by atoms with Crippen molar-refractivity contribution in [1.82, 2.24) is 9.62 Å². The maximum atomic E-state index is 12.2. The molecule has 0 saturated carbocycles. The van der Waals surface area contributed by atoms with Crippen LogP contribution in [0.4, 0.5) is 0 Å². The van der Waals surface area contributed by atoms with E-state index in [1.807, 2.05) is 0 Å². The van der Waals surface area contributed by atoms with E-state index in [0.717, 1.165) is 36.2 Å². The molecule has 1 aromatic carbocycles. The number of nitrogens with zero attached hydrogens (tertiary/aromatic N) is 1. The van der Waals surface area contributed by atoms with Gasteiger partial charge in [0.1, 0.15) is 0 Å². The van der Waals surface area contributed by atoms with E-state index >= 15 is 0 Å². The van der Waals surface area contributed by atoms with Gasteiger partial charge in [-0.15, -0.1) is 0 Å². The minimum atomic E-state index is -3.52.